The maximum absolute atomic E-state index is 11.3. The van der Waals surface area contributed by atoms with Gasteiger partial charge in [0.2, 0.25) is 0 Å². The van der Waals surface area contributed by atoms with Crippen molar-refractivity contribution in [1.82, 2.24) is 0 Å². The second-order valence-electron chi connectivity index (χ2n) is 6.08. The maximum atomic E-state index is 11.3. The molecule has 0 saturated carbocycles. The molecule has 0 heterocycles. The van der Waals surface area contributed by atoms with E-state index in [9.17, 15) is 10.1 Å². The molecule has 0 aromatic heterocycles. The van der Waals surface area contributed by atoms with Crippen molar-refractivity contribution in [2.24, 2.45) is 0 Å². The number of nitrogens with zero attached hydrogens (tertiary/aromatic N) is 1. The SMILES string of the molecule is CC[As](CC)(Cc1ccccc1)(Cc1ccccc1)O[N+](=O)[O-]. The first-order valence-electron chi connectivity index (χ1n) is 7.94. The van der Waals surface area contributed by atoms with E-state index in [2.05, 4.69) is 0 Å². The van der Waals surface area contributed by atoms with E-state index in [1.807, 2.05) is 74.5 Å². The van der Waals surface area contributed by atoms with Crippen molar-refractivity contribution in [3.8, 4) is 0 Å². The molecule has 0 atom stereocenters. The van der Waals surface area contributed by atoms with Crippen LogP contribution in [-0.2, 0) is 14.2 Å². The molecule has 0 amide bonds. The van der Waals surface area contributed by atoms with E-state index in [1.165, 1.54) is 0 Å². The minimum atomic E-state index is -3.69. The second kappa shape index (κ2) is 7.18. The molecule has 0 bridgehead atoms. The molecule has 0 aliphatic heterocycles. The van der Waals surface area contributed by atoms with Gasteiger partial charge in [-0.1, -0.05) is 0 Å². The van der Waals surface area contributed by atoms with E-state index in [4.69, 9.17) is 3.83 Å². The molecule has 0 aliphatic rings. The summed E-state index contributed by atoms with van der Waals surface area (Å²) in [6.07, 6.45) is 0. The van der Waals surface area contributed by atoms with Crippen LogP contribution in [0.3, 0.4) is 0 Å². The molecular weight excluding hydrogens is 353 g/mol. The molecule has 0 N–H and O–H groups in total. The predicted molar refractivity (Wildman–Crippen MR) is 95.1 cm³/mol. The molecular formula is C18H24AsNO3. The minimum absolute atomic E-state index is 0.551. The molecule has 23 heavy (non-hydrogen) atoms. The van der Waals surface area contributed by atoms with Crippen LogP contribution in [0, 0.1) is 10.1 Å². The van der Waals surface area contributed by atoms with Crippen LogP contribution in [-0.4, -0.2) is 17.9 Å². The Morgan fingerprint density at radius 2 is 1.26 bits per heavy atom. The molecule has 0 unspecified atom stereocenters. The van der Waals surface area contributed by atoms with E-state index in [1.54, 1.807) is 0 Å². The topological polar surface area (TPSA) is 52.4 Å². The Hall–Kier alpha value is -1.80. The molecule has 2 rings (SSSR count). The summed E-state index contributed by atoms with van der Waals surface area (Å²) in [7, 11) is 0. The monoisotopic (exact) mass is 377 g/mol. The van der Waals surface area contributed by atoms with Gasteiger partial charge in [-0.05, 0) is 0 Å². The molecule has 4 nitrogen and oxygen atoms in total. The number of benzene rings is 2. The van der Waals surface area contributed by atoms with Gasteiger partial charge in [-0.25, -0.2) is 0 Å². The third-order valence-corrected chi connectivity index (χ3v) is 17.6. The van der Waals surface area contributed by atoms with Crippen LogP contribution in [0.25, 0.3) is 0 Å². The van der Waals surface area contributed by atoms with Gasteiger partial charge in [0.1, 0.15) is 0 Å². The molecule has 124 valence electrons. The molecule has 0 spiro atoms. The summed E-state index contributed by atoms with van der Waals surface area (Å²) in [5, 5.41) is 13.6. The van der Waals surface area contributed by atoms with Gasteiger partial charge in [0.25, 0.3) is 0 Å². The number of hydrogen-bond donors (Lipinski definition) is 0. The first-order valence-corrected chi connectivity index (χ1v) is 14.0. The van der Waals surface area contributed by atoms with Crippen molar-refractivity contribution in [2.75, 3.05) is 0 Å². The van der Waals surface area contributed by atoms with Crippen molar-refractivity contribution in [3.63, 3.8) is 0 Å². The Kier molecular flexibility index (Phi) is 5.48. The summed E-state index contributed by atoms with van der Waals surface area (Å²) in [5.74, 6) is 0. The molecule has 0 saturated heterocycles. The summed E-state index contributed by atoms with van der Waals surface area (Å²) in [5.41, 5.74) is 2.25. The third kappa shape index (κ3) is 4.14. The molecule has 2 aromatic carbocycles. The Labute approximate surface area is 138 Å². The van der Waals surface area contributed by atoms with E-state index >= 15 is 0 Å². The van der Waals surface area contributed by atoms with E-state index in [-0.39, 0.29) is 0 Å². The van der Waals surface area contributed by atoms with Gasteiger partial charge >= 0.3 is 138 Å². The Morgan fingerprint density at radius 1 is 0.870 bits per heavy atom. The number of rotatable bonds is 8. The van der Waals surface area contributed by atoms with Crippen LogP contribution in [0.2, 0.25) is 10.4 Å². The first-order chi connectivity index (χ1) is 11.0. The van der Waals surface area contributed by atoms with Gasteiger partial charge in [0.05, 0.1) is 0 Å². The summed E-state index contributed by atoms with van der Waals surface area (Å²) < 4.78 is 5.63. The number of hydrogen-bond acceptors (Lipinski definition) is 3. The van der Waals surface area contributed by atoms with Gasteiger partial charge in [0.15, 0.2) is 0 Å². The Morgan fingerprint density at radius 3 is 1.57 bits per heavy atom. The molecule has 0 aliphatic carbocycles. The van der Waals surface area contributed by atoms with Crippen LogP contribution in [0.1, 0.15) is 25.0 Å². The molecule has 0 radical (unpaired) electrons. The molecule has 5 heteroatoms. The van der Waals surface area contributed by atoms with Crippen molar-refractivity contribution in [2.45, 2.75) is 34.7 Å². The summed E-state index contributed by atoms with van der Waals surface area (Å²) >= 11 is -3.69. The fraction of sp³-hybridized carbons (Fsp3) is 0.333. The first kappa shape index (κ1) is 17.6. The zero-order chi connectivity index (χ0) is 16.8. The van der Waals surface area contributed by atoms with Gasteiger partial charge in [0, 0.05) is 0 Å². The van der Waals surface area contributed by atoms with Gasteiger partial charge < -0.3 is 0 Å². The fourth-order valence-corrected chi connectivity index (χ4v) is 12.5. The van der Waals surface area contributed by atoms with Crippen molar-refractivity contribution >= 4 is 12.8 Å². The molecule has 2 aromatic rings. The van der Waals surface area contributed by atoms with Crippen molar-refractivity contribution < 1.29 is 8.91 Å². The van der Waals surface area contributed by atoms with Crippen LogP contribution >= 0.6 is 0 Å². The zero-order valence-corrected chi connectivity index (χ0v) is 15.6. The van der Waals surface area contributed by atoms with E-state index in [0.29, 0.717) is 10.4 Å². The van der Waals surface area contributed by atoms with E-state index in [0.717, 1.165) is 21.5 Å². The average Bonchev–Trinajstić information content (AvgIpc) is 2.56. The second-order valence-corrected chi connectivity index (χ2v) is 18.2. The summed E-state index contributed by atoms with van der Waals surface area (Å²) in [6, 6.07) is 20.0. The Bertz CT molecular complexity index is 596. The van der Waals surface area contributed by atoms with Crippen LogP contribution in [0.5, 0.6) is 0 Å². The van der Waals surface area contributed by atoms with Crippen LogP contribution in [0.4, 0.5) is 0 Å². The van der Waals surface area contributed by atoms with Gasteiger partial charge in [-0.2, -0.15) is 0 Å². The quantitative estimate of drug-likeness (QED) is 0.381. The normalized spacial score (nSPS) is 13.0. The van der Waals surface area contributed by atoms with E-state index < -0.39 is 17.9 Å². The van der Waals surface area contributed by atoms with Crippen LogP contribution in [0.15, 0.2) is 60.7 Å². The standard InChI is InChI=1S/C18H24AsNO3/c1-3-19(4-2,23-20(21)22,15-17-11-7-5-8-12-17)16-18-13-9-6-10-14-18/h5-14H,3-4,15-16H2,1-2H3. The average molecular weight is 377 g/mol. The summed E-state index contributed by atoms with van der Waals surface area (Å²) in [4.78, 5) is 11.3. The van der Waals surface area contributed by atoms with Crippen molar-refractivity contribution in [1.29, 1.82) is 0 Å². The zero-order valence-electron chi connectivity index (χ0n) is 13.7. The van der Waals surface area contributed by atoms with Gasteiger partial charge in [-0.3, -0.25) is 0 Å². The summed E-state index contributed by atoms with van der Waals surface area (Å²) in [6.45, 7) is 4.09. The Balaban J connectivity index is 2.48. The molecule has 0 fully saturated rings. The van der Waals surface area contributed by atoms with Gasteiger partial charge in [-0.15, -0.1) is 0 Å². The third-order valence-electron chi connectivity index (χ3n) is 4.75. The van der Waals surface area contributed by atoms with Crippen LogP contribution < -0.4 is 0 Å². The predicted octanol–water partition coefficient (Wildman–Crippen LogP) is 4.70. The fourth-order valence-electron chi connectivity index (χ4n) is 3.18. The van der Waals surface area contributed by atoms with Crippen molar-refractivity contribution in [3.05, 3.63) is 81.9 Å².